The third-order valence-electron chi connectivity index (χ3n) is 3.18. The predicted octanol–water partition coefficient (Wildman–Crippen LogP) is 3.13. The summed E-state index contributed by atoms with van der Waals surface area (Å²) in [5.41, 5.74) is 1.67. The highest BCUT2D eigenvalue weighted by molar-refractivity contribution is 5.89. The van der Waals surface area contributed by atoms with E-state index in [1.807, 2.05) is 19.0 Å². The van der Waals surface area contributed by atoms with Gasteiger partial charge in [-0.2, -0.15) is 0 Å². The fraction of sp³-hybridized carbons (Fsp3) is 0.235. The van der Waals surface area contributed by atoms with E-state index in [4.69, 9.17) is 9.84 Å². The van der Waals surface area contributed by atoms with Gasteiger partial charge >= 0.3 is 5.97 Å². The molecule has 0 aliphatic carbocycles. The lowest BCUT2D eigenvalue weighted by molar-refractivity contribution is 0.0696. The van der Waals surface area contributed by atoms with E-state index in [1.54, 1.807) is 18.2 Å². The van der Waals surface area contributed by atoms with Gasteiger partial charge in [0.2, 0.25) is 0 Å². The molecule has 0 saturated carbocycles. The van der Waals surface area contributed by atoms with Gasteiger partial charge in [0.1, 0.15) is 18.2 Å². The normalized spacial score (nSPS) is 10.7. The number of aromatic carboxylic acids is 1. The van der Waals surface area contributed by atoms with Crippen molar-refractivity contribution in [3.05, 3.63) is 53.8 Å². The number of halogens is 1. The maximum atomic E-state index is 13.0. The maximum absolute atomic E-state index is 13.0. The minimum atomic E-state index is -1.01. The molecule has 22 heavy (non-hydrogen) atoms. The minimum absolute atomic E-state index is 0.158. The molecule has 0 fully saturated rings. The number of hydrogen-bond donors (Lipinski definition) is 1. The summed E-state index contributed by atoms with van der Waals surface area (Å²) >= 11 is 0. The Morgan fingerprint density at radius 2 is 1.86 bits per heavy atom. The number of hydrogen-bond acceptors (Lipinski definition) is 3. The number of carboxylic acids is 1. The molecule has 0 spiro atoms. The molecule has 0 bridgehead atoms. The van der Waals surface area contributed by atoms with Crippen molar-refractivity contribution in [3.63, 3.8) is 0 Å². The van der Waals surface area contributed by atoms with Gasteiger partial charge in [-0.15, -0.1) is 0 Å². The molecule has 0 unspecified atom stereocenters. The molecule has 2 rings (SSSR count). The minimum Gasteiger partial charge on any atom is -0.492 e. The van der Waals surface area contributed by atoms with Gasteiger partial charge < -0.3 is 14.7 Å². The van der Waals surface area contributed by atoms with E-state index in [2.05, 4.69) is 0 Å². The molecular formula is C17H18FNO3. The summed E-state index contributed by atoms with van der Waals surface area (Å²) in [6, 6.07) is 10.7. The summed E-state index contributed by atoms with van der Waals surface area (Å²) in [6.45, 7) is 1.14. The fourth-order valence-corrected chi connectivity index (χ4v) is 1.98. The molecule has 0 saturated heterocycles. The van der Waals surface area contributed by atoms with Crippen LogP contribution in [0.25, 0.3) is 11.1 Å². The first-order valence-corrected chi connectivity index (χ1v) is 6.88. The van der Waals surface area contributed by atoms with Gasteiger partial charge in [-0.3, -0.25) is 0 Å². The summed E-state index contributed by atoms with van der Waals surface area (Å²) in [5, 5.41) is 9.11. The van der Waals surface area contributed by atoms with E-state index in [0.717, 1.165) is 11.1 Å². The number of nitrogens with zero attached hydrogens (tertiary/aromatic N) is 1. The second kappa shape index (κ2) is 7.04. The van der Waals surface area contributed by atoms with Crippen LogP contribution in [-0.2, 0) is 0 Å². The van der Waals surface area contributed by atoms with Crippen molar-refractivity contribution in [1.29, 1.82) is 0 Å². The number of rotatable bonds is 6. The Kier molecular flexibility index (Phi) is 5.12. The van der Waals surface area contributed by atoms with Crippen LogP contribution in [0.3, 0.4) is 0 Å². The lowest BCUT2D eigenvalue weighted by atomic mass is 10.0. The first kappa shape index (κ1) is 16.0. The maximum Gasteiger partial charge on any atom is 0.335 e. The zero-order valence-electron chi connectivity index (χ0n) is 12.5. The molecule has 4 nitrogen and oxygen atoms in total. The third kappa shape index (κ3) is 4.05. The zero-order chi connectivity index (χ0) is 16.1. The Hall–Kier alpha value is -2.40. The van der Waals surface area contributed by atoms with Crippen LogP contribution in [0.4, 0.5) is 4.39 Å². The number of carboxylic acid groups (broad SMARTS) is 1. The van der Waals surface area contributed by atoms with Crippen LogP contribution in [0, 0.1) is 5.82 Å². The molecule has 0 aliphatic heterocycles. The third-order valence-corrected chi connectivity index (χ3v) is 3.18. The lowest BCUT2D eigenvalue weighted by Crippen LogP contribution is -2.19. The van der Waals surface area contributed by atoms with Crippen molar-refractivity contribution in [2.24, 2.45) is 0 Å². The van der Waals surface area contributed by atoms with Gasteiger partial charge in [-0.05, 0) is 50.0 Å². The molecule has 0 amide bonds. The van der Waals surface area contributed by atoms with E-state index in [1.165, 1.54) is 24.3 Å². The SMILES string of the molecule is CN(C)CCOc1cc(C(=O)O)ccc1-c1ccc(F)cc1. The molecular weight excluding hydrogens is 285 g/mol. The lowest BCUT2D eigenvalue weighted by Gasteiger charge is -2.15. The number of benzene rings is 2. The van der Waals surface area contributed by atoms with Crippen molar-refractivity contribution < 1.29 is 19.0 Å². The zero-order valence-corrected chi connectivity index (χ0v) is 12.5. The Labute approximate surface area is 128 Å². The first-order chi connectivity index (χ1) is 10.5. The van der Waals surface area contributed by atoms with E-state index in [9.17, 15) is 9.18 Å². The smallest absolute Gasteiger partial charge is 0.335 e. The fourth-order valence-electron chi connectivity index (χ4n) is 1.98. The van der Waals surface area contributed by atoms with Crippen LogP contribution < -0.4 is 4.74 Å². The molecule has 0 heterocycles. The van der Waals surface area contributed by atoms with Gasteiger partial charge in [0.05, 0.1) is 5.56 Å². The highest BCUT2D eigenvalue weighted by Crippen LogP contribution is 2.31. The molecule has 2 aromatic carbocycles. The topological polar surface area (TPSA) is 49.8 Å². The van der Waals surface area contributed by atoms with Crippen LogP contribution in [0.2, 0.25) is 0 Å². The van der Waals surface area contributed by atoms with Gasteiger partial charge in [0.15, 0.2) is 0 Å². The molecule has 116 valence electrons. The molecule has 5 heteroatoms. The summed E-state index contributed by atoms with van der Waals surface area (Å²) in [5.74, 6) is -0.850. The average molecular weight is 303 g/mol. The van der Waals surface area contributed by atoms with Crippen LogP contribution in [0.1, 0.15) is 10.4 Å². The summed E-state index contributed by atoms with van der Waals surface area (Å²) in [7, 11) is 3.86. The van der Waals surface area contributed by atoms with E-state index in [-0.39, 0.29) is 11.4 Å². The van der Waals surface area contributed by atoms with Crippen molar-refractivity contribution in [3.8, 4) is 16.9 Å². The quantitative estimate of drug-likeness (QED) is 0.890. The summed E-state index contributed by atoms with van der Waals surface area (Å²) in [6.07, 6.45) is 0. The highest BCUT2D eigenvalue weighted by atomic mass is 19.1. The van der Waals surface area contributed by atoms with Gasteiger partial charge in [0, 0.05) is 12.1 Å². The van der Waals surface area contributed by atoms with Crippen LogP contribution in [0.15, 0.2) is 42.5 Å². The number of ether oxygens (including phenoxy) is 1. The van der Waals surface area contributed by atoms with Crippen molar-refractivity contribution in [2.75, 3.05) is 27.2 Å². The summed E-state index contributed by atoms with van der Waals surface area (Å²) < 4.78 is 18.8. The highest BCUT2D eigenvalue weighted by Gasteiger charge is 2.11. The van der Waals surface area contributed by atoms with E-state index >= 15 is 0 Å². The van der Waals surface area contributed by atoms with Gasteiger partial charge in [-0.1, -0.05) is 12.1 Å². The van der Waals surface area contributed by atoms with Crippen LogP contribution >= 0.6 is 0 Å². The van der Waals surface area contributed by atoms with Crippen molar-refractivity contribution >= 4 is 5.97 Å². The number of likely N-dealkylation sites (N-methyl/N-ethyl adjacent to an activating group) is 1. The van der Waals surface area contributed by atoms with Crippen LogP contribution in [-0.4, -0.2) is 43.2 Å². The first-order valence-electron chi connectivity index (χ1n) is 6.88. The summed E-state index contributed by atoms with van der Waals surface area (Å²) in [4.78, 5) is 13.1. The monoisotopic (exact) mass is 303 g/mol. The molecule has 0 aromatic heterocycles. The predicted molar refractivity (Wildman–Crippen MR) is 82.8 cm³/mol. The van der Waals surface area contributed by atoms with Crippen LogP contribution in [0.5, 0.6) is 5.75 Å². The van der Waals surface area contributed by atoms with Gasteiger partial charge in [-0.25, -0.2) is 9.18 Å². The van der Waals surface area contributed by atoms with Crippen molar-refractivity contribution in [2.45, 2.75) is 0 Å². The molecule has 0 atom stereocenters. The number of carbonyl (C=O) groups is 1. The standard InChI is InChI=1S/C17H18FNO3/c1-19(2)9-10-22-16-11-13(17(20)21)5-8-15(16)12-3-6-14(18)7-4-12/h3-8,11H,9-10H2,1-2H3,(H,20,21). The Bertz CT molecular complexity index is 653. The molecule has 0 radical (unpaired) electrons. The van der Waals surface area contributed by atoms with Gasteiger partial charge in [0.25, 0.3) is 0 Å². The average Bonchev–Trinajstić information content (AvgIpc) is 2.47. The molecule has 1 N–H and O–H groups in total. The second-order valence-corrected chi connectivity index (χ2v) is 5.17. The Morgan fingerprint density at radius 3 is 2.45 bits per heavy atom. The van der Waals surface area contributed by atoms with E-state index < -0.39 is 5.97 Å². The Morgan fingerprint density at radius 1 is 1.18 bits per heavy atom. The Balaban J connectivity index is 2.34. The molecule has 0 aliphatic rings. The largest absolute Gasteiger partial charge is 0.492 e. The second-order valence-electron chi connectivity index (χ2n) is 5.17. The molecule has 2 aromatic rings. The van der Waals surface area contributed by atoms with E-state index in [0.29, 0.717) is 18.9 Å². The van der Waals surface area contributed by atoms with Crippen molar-refractivity contribution in [1.82, 2.24) is 4.90 Å².